The lowest BCUT2D eigenvalue weighted by Crippen LogP contribution is -2.23. The van der Waals surface area contributed by atoms with E-state index in [1.807, 2.05) is 29.5 Å². The summed E-state index contributed by atoms with van der Waals surface area (Å²) in [6, 6.07) is 10.4. The molecule has 2 rings (SSSR count). The predicted octanol–water partition coefficient (Wildman–Crippen LogP) is 5.65. The molecule has 0 radical (unpaired) electrons. The molecule has 0 saturated carbocycles. The highest BCUT2D eigenvalue weighted by Crippen LogP contribution is 2.29. The van der Waals surface area contributed by atoms with E-state index < -0.39 is 0 Å². The summed E-state index contributed by atoms with van der Waals surface area (Å²) in [5.41, 5.74) is 1.13. The van der Waals surface area contributed by atoms with E-state index in [2.05, 4.69) is 31.3 Å². The minimum atomic E-state index is 0.312. The zero-order valence-corrected chi connectivity index (χ0v) is 14.1. The zero-order valence-electron chi connectivity index (χ0n) is 11.7. The first-order valence-electron chi connectivity index (χ1n) is 6.83. The number of benzene rings is 1. The van der Waals surface area contributed by atoms with E-state index in [9.17, 15) is 0 Å². The van der Waals surface area contributed by atoms with E-state index in [4.69, 9.17) is 23.2 Å². The van der Waals surface area contributed by atoms with Crippen LogP contribution < -0.4 is 5.32 Å². The largest absolute Gasteiger partial charge is 0.309 e. The summed E-state index contributed by atoms with van der Waals surface area (Å²) in [5, 5.41) is 5.04. The van der Waals surface area contributed by atoms with Gasteiger partial charge in [-0.2, -0.15) is 0 Å². The molecule has 20 heavy (non-hydrogen) atoms. The number of rotatable bonds is 6. The molecule has 0 saturated heterocycles. The predicted molar refractivity (Wildman–Crippen MR) is 90.3 cm³/mol. The minimum absolute atomic E-state index is 0.312. The van der Waals surface area contributed by atoms with Gasteiger partial charge in [0, 0.05) is 25.8 Å². The highest BCUT2D eigenvalue weighted by Gasteiger charge is 2.15. The second kappa shape index (κ2) is 7.46. The minimum Gasteiger partial charge on any atom is -0.309 e. The van der Waals surface area contributed by atoms with Crippen molar-refractivity contribution in [2.75, 3.05) is 6.54 Å². The Kier molecular flexibility index (Phi) is 5.91. The van der Waals surface area contributed by atoms with Crippen LogP contribution in [0.2, 0.25) is 10.0 Å². The van der Waals surface area contributed by atoms with Gasteiger partial charge in [-0.15, -0.1) is 11.3 Å². The molecule has 0 spiro atoms. The molecule has 0 aliphatic heterocycles. The van der Waals surface area contributed by atoms with Crippen LogP contribution >= 0.6 is 34.5 Å². The lowest BCUT2D eigenvalue weighted by atomic mass is 10.0. The Labute approximate surface area is 134 Å². The molecule has 1 N–H and O–H groups in total. The zero-order chi connectivity index (χ0) is 14.5. The normalized spacial score (nSPS) is 12.6. The van der Waals surface area contributed by atoms with Gasteiger partial charge in [-0.3, -0.25) is 0 Å². The summed E-state index contributed by atoms with van der Waals surface area (Å²) in [6.07, 6.45) is 2.01. The molecule has 0 aliphatic carbocycles. The van der Waals surface area contributed by atoms with Gasteiger partial charge in [0.15, 0.2) is 0 Å². The molecule has 108 valence electrons. The van der Waals surface area contributed by atoms with Crippen LogP contribution in [0.3, 0.4) is 0 Å². The van der Waals surface area contributed by atoms with Crippen LogP contribution in [0.5, 0.6) is 0 Å². The van der Waals surface area contributed by atoms with Gasteiger partial charge in [0.2, 0.25) is 0 Å². The van der Waals surface area contributed by atoms with E-state index in [1.165, 1.54) is 9.75 Å². The third kappa shape index (κ3) is 4.23. The SMILES string of the molecule is CCCNC(Cc1ccc(Cl)cc1Cl)c1ccc(C)s1. The molecule has 0 aliphatic rings. The molecule has 0 amide bonds. The molecule has 0 bridgehead atoms. The Bertz CT molecular complexity index is 565. The topological polar surface area (TPSA) is 12.0 Å². The monoisotopic (exact) mass is 327 g/mol. The average molecular weight is 328 g/mol. The summed E-state index contributed by atoms with van der Waals surface area (Å²) < 4.78 is 0. The molecule has 1 heterocycles. The first-order valence-corrected chi connectivity index (χ1v) is 8.41. The maximum atomic E-state index is 6.29. The van der Waals surface area contributed by atoms with Crippen molar-refractivity contribution < 1.29 is 0 Å². The smallest absolute Gasteiger partial charge is 0.0456 e. The molecular formula is C16H19Cl2NS. The Balaban J connectivity index is 2.18. The fourth-order valence-electron chi connectivity index (χ4n) is 2.14. The van der Waals surface area contributed by atoms with Gasteiger partial charge in [0.05, 0.1) is 0 Å². The standard InChI is InChI=1S/C16H19Cl2NS/c1-3-8-19-15(16-7-4-11(2)20-16)9-12-5-6-13(17)10-14(12)18/h4-7,10,15,19H,3,8-9H2,1-2H3. The quantitative estimate of drug-likeness (QED) is 0.723. The first kappa shape index (κ1) is 15.8. The van der Waals surface area contributed by atoms with E-state index in [1.54, 1.807) is 0 Å². The highest BCUT2D eigenvalue weighted by molar-refractivity contribution is 7.12. The van der Waals surface area contributed by atoms with Crippen LogP contribution in [0.1, 0.15) is 34.7 Å². The fourth-order valence-corrected chi connectivity index (χ4v) is 3.58. The summed E-state index contributed by atoms with van der Waals surface area (Å²) in [6.45, 7) is 5.33. The molecular weight excluding hydrogens is 309 g/mol. The van der Waals surface area contributed by atoms with Gasteiger partial charge >= 0.3 is 0 Å². The van der Waals surface area contributed by atoms with Crippen LogP contribution in [0.4, 0.5) is 0 Å². The summed E-state index contributed by atoms with van der Waals surface area (Å²) in [7, 11) is 0. The Morgan fingerprint density at radius 2 is 2.00 bits per heavy atom. The van der Waals surface area contributed by atoms with Crippen LogP contribution in [0, 0.1) is 6.92 Å². The summed E-state index contributed by atoms with van der Waals surface area (Å²) in [4.78, 5) is 2.70. The maximum absolute atomic E-state index is 6.29. The number of halogens is 2. The van der Waals surface area contributed by atoms with Crippen molar-refractivity contribution in [3.05, 3.63) is 55.7 Å². The van der Waals surface area contributed by atoms with Crippen LogP contribution in [-0.4, -0.2) is 6.54 Å². The second-order valence-corrected chi connectivity index (χ2v) is 7.06. The number of hydrogen-bond donors (Lipinski definition) is 1. The summed E-state index contributed by atoms with van der Waals surface area (Å²) in [5.74, 6) is 0. The molecule has 1 unspecified atom stereocenters. The van der Waals surface area contributed by atoms with Crippen molar-refractivity contribution in [2.45, 2.75) is 32.7 Å². The number of hydrogen-bond acceptors (Lipinski definition) is 2. The Morgan fingerprint density at radius 3 is 2.60 bits per heavy atom. The van der Waals surface area contributed by atoms with Crippen molar-refractivity contribution in [1.82, 2.24) is 5.32 Å². The lowest BCUT2D eigenvalue weighted by Gasteiger charge is -2.18. The van der Waals surface area contributed by atoms with E-state index in [0.29, 0.717) is 11.1 Å². The Hall–Kier alpha value is -0.540. The first-order chi connectivity index (χ1) is 9.60. The van der Waals surface area contributed by atoms with E-state index in [0.717, 1.165) is 30.0 Å². The van der Waals surface area contributed by atoms with Crippen LogP contribution in [0.25, 0.3) is 0 Å². The van der Waals surface area contributed by atoms with Crippen molar-refractivity contribution in [3.8, 4) is 0 Å². The van der Waals surface area contributed by atoms with Gasteiger partial charge in [0.25, 0.3) is 0 Å². The van der Waals surface area contributed by atoms with Crippen LogP contribution in [-0.2, 0) is 6.42 Å². The average Bonchev–Trinajstić information content (AvgIpc) is 2.83. The van der Waals surface area contributed by atoms with Gasteiger partial charge in [-0.1, -0.05) is 36.2 Å². The number of thiophene rings is 1. The van der Waals surface area contributed by atoms with Gasteiger partial charge in [0.1, 0.15) is 0 Å². The van der Waals surface area contributed by atoms with E-state index >= 15 is 0 Å². The molecule has 4 heteroatoms. The summed E-state index contributed by atoms with van der Waals surface area (Å²) >= 11 is 14.1. The van der Waals surface area contributed by atoms with Crippen molar-refractivity contribution in [1.29, 1.82) is 0 Å². The van der Waals surface area contributed by atoms with Crippen molar-refractivity contribution in [2.24, 2.45) is 0 Å². The highest BCUT2D eigenvalue weighted by atomic mass is 35.5. The van der Waals surface area contributed by atoms with Gasteiger partial charge in [-0.05, 0) is 56.1 Å². The van der Waals surface area contributed by atoms with Crippen molar-refractivity contribution in [3.63, 3.8) is 0 Å². The molecule has 0 fully saturated rings. The van der Waals surface area contributed by atoms with Crippen LogP contribution in [0.15, 0.2) is 30.3 Å². The van der Waals surface area contributed by atoms with Gasteiger partial charge in [-0.25, -0.2) is 0 Å². The molecule has 1 aromatic heterocycles. The number of aryl methyl sites for hydroxylation is 1. The number of nitrogens with one attached hydrogen (secondary N) is 1. The lowest BCUT2D eigenvalue weighted by molar-refractivity contribution is 0.536. The third-order valence-corrected chi connectivity index (χ3v) is 4.89. The molecule has 1 atom stereocenters. The molecule has 1 aromatic carbocycles. The molecule has 2 aromatic rings. The van der Waals surface area contributed by atoms with E-state index in [-0.39, 0.29) is 0 Å². The second-order valence-electron chi connectivity index (χ2n) is 4.89. The Morgan fingerprint density at radius 1 is 1.20 bits per heavy atom. The maximum Gasteiger partial charge on any atom is 0.0456 e. The van der Waals surface area contributed by atoms with Gasteiger partial charge < -0.3 is 5.32 Å². The third-order valence-electron chi connectivity index (χ3n) is 3.18. The van der Waals surface area contributed by atoms with Crippen molar-refractivity contribution >= 4 is 34.5 Å². The fraction of sp³-hybridized carbons (Fsp3) is 0.375. The molecule has 1 nitrogen and oxygen atoms in total.